The smallest absolute Gasteiger partial charge is 0.338 e. The van der Waals surface area contributed by atoms with Crippen molar-refractivity contribution in [2.45, 2.75) is 70.6 Å². The molecule has 29 heavy (non-hydrogen) atoms. The quantitative estimate of drug-likeness (QED) is 0.571. The molecule has 0 aliphatic heterocycles. The molecule has 2 aromatic carbocycles. The zero-order chi connectivity index (χ0) is 20.5. The second-order valence-corrected chi connectivity index (χ2v) is 9.18. The predicted molar refractivity (Wildman–Crippen MR) is 111 cm³/mol. The fourth-order valence-corrected chi connectivity index (χ4v) is 5.83. The summed E-state index contributed by atoms with van der Waals surface area (Å²) in [6, 6.07) is 5.81. The average molecular weight is 401 g/mol. The largest absolute Gasteiger partial charge is 0.478 e. The van der Waals surface area contributed by atoms with Crippen molar-refractivity contribution in [2.75, 3.05) is 0 Å². The number of fused-ring (bicyclic) bond motifs is 2. The highest BCUT2D eigenvalue weighted by Gasteiger charge is 2.36. The predicted octanol–water partition coefficient (Wildman–Crippen LogP) is 7.31. The Bertz CT molecular complexity index is 907. The van der Waals surface area contributed by atoms with Crippen LogP contribution in [-0.4, -0.2) is 11.1 Å². The van der Waals surface area contributed by atoms with Crippen LogP contribution in [0.25, 0.3) is 10.8 Å². The number of aromatic carboxylic acids is 1. The Labute approximate surface area is 171 Å². The summed E-state index contributed by atoms with van der Waals surface area (Å²) in [5.74, 6) is -0.0873. The number of rotatable bonds is 5. The zero-order valence-corrected chi connectivity index (χ0v) is 17.1. The first-order valence-corrected chi connectivity index (χ1v) is 11.1. The van der Waals surface area contributed by atoms with Crippen LogP contribution in [0.3, 0.4) is 0 Å². The van der Waals surface area contributed by atoms with Crippen molar-refractivity contribution in [3.05, 3.63) is 47.0 Å². The topological polar surface area (TPSA) is 37.3 Å². The van der Waals surface area contributed by atoms with E-state index in [1.807, 2.05) is 0 Å². The number of carboxylic acid groups (broad SMARTS) is 1. The molecule has 0 amide bonds. The van der Waals surface area contributed by atoms with E-state index in [1.54, 1.807) is 12.1 Å². The summed E-state index contributed by atoms with van der Waals surface area (Å²) in [4.78, 5) is 11.1. The minimum absolute atomic E-state index is 0.176. The summed E-state index contributed by atoms with van der Waals surface area (Å²) in [6.07, 6.45) is 11.0. The highest BCUT2D eigenvalue weighted by atomic mass is 19.1. The van der Waals surface area contributed by atoms with E-state index in [0.717, 1.165) is 37.2 Å². The van der Waals surface area contributed by atoms with Gasteiger partial charge in [0.25, 0.3) is 0 Å². The van der Waals surface area contributed by atoms with Crippen LogP contribution in [0.5, 0.6) is 0 Å². The zero-order valence-electron chi connectivity index (χ0n) is 17.1. The number of carboxylic acids is 1. The SMILES string of the molecule is CCCCC1CCC2CC(c3ccc4cc(C(=O)O)c(F)cc4c3F)CCC2C1. The van der Waals surface area contributed by atoms with Crippen molar-refractivity contribution in [1.82, 2.24) is 0 Å². The summed E-state index contributed by atoms with van der Waals surface area (Å²) in [5.41, 5.74) is 0.261. The number of hydrogen-bond acceptors (Lipinski definition) is 1. The van der Waals surface area contributed by atoms with E-state index in [0.29, 0.717) is 16.9 Å². The standard InChI is InChI=1S/C25H30F2O2/c1-2-3-4-15-5-6-17-12-18(8-7-16(17)11-15)20-10-9-19-13-22(25(28)29)23(26)14-21(19)24(20)27/h9-10,13-18H,2-8,11-12H2,1H3,(H,28,29). The lowest BCUT2D eigenvalue weighted by Gasteiger charge is -2.42. The second kappa shape index (κ2) is 8.41. The van der Waals surface area contributed by atoms with Gasteiger partial charge in [-0.2, -0.15) is 0 Å². The Morgan fingerprint density at radius 1 is 1.07 bits per heavy atom. The van der Waals surface area contributed by atoms with Crippen molar-refractivity contribution in [3.63, 3.8) is 0 Å². The minimum Gasteiger partial charge on any atom is -0.478 e. The maximum Gasteiger partial charge on any atom is 0.338 e. The Morgan fingerprint density at radius 2 is 1.83 bits per heavy atom. The van der Waals surface area contributed by atoms with E-state index >= 15 is 4.39 Å². The van der Waals surface area contributed by atoms with Crippen molar-refractivity contribution < 1.29 is 18.7 Å². The molecule has 4 heteroatoms. The van der Waals surface area contributed by atoms with E-state index in [9.17, 15) is 9.18 Å². The van der Waals surface area contributed by atoms with Crippen molar-refractivity contribution >= 4 is 16.7 Å². The fraction of sp³-hybridized carbons (Fsp3) is 0.560. The molecule has 2 nitrogen and oxygen atoms in total. The summed E-state index contributed by atoms with van der Waals surface area (Å²) < 4.78 is 29.4. The van der Waals surface area contributed by atoms with E-state index < -0.39 is 17.3 Å². The maximum atomic E-state index is 15.3. The van der Waals surface area contributed by atoms with Crippen LogP contribution in [-0.2, 0) is 0 Å². The number of halogens is 2. The lowest BCUT2D eigenvalue weighted by molar-refractivity contribution is 0.0692. The molecule has 2 aliphatic carbocycles. The average Bonchev–Trinajstić information content (AvgIpc) is 2.72. The number of unbranched alkanes of at least 4 members (excludes halogenated alkanes) is 1. The Balaban J connectivity index is 1.53. The molecular formula is C25H30F2O2. The molecule has 4 unspecified atom stereocenters. The van der Waals surface area contributed by atoms with Gasteiger partial charge in [0.05, 0.1) is 5.56 Å². The lowest BCUT2D eigenvalue weighted by atomic mass is 9.63. The molecule has 2 aliphatic rings. The molecule has 0 aromatic heterocycles. The first-order valence-electron chi connectivity index (χ1n) is 11.1. The molecule has 156 valence electrons. The number of hydrogen-bond donors (Lipinski definition) is 1. The normalized spacial score (nSPS) is 27.0. The number of benzene rings is 2. The molecule has 1 N–H and O–H groups in total. The molecule has 2 aromatic rings. The fourth-order valence-electron chi connectivity index (χ4n) is 5.83. The van der Waals surface area contributed by atoms with E-state index in [2.05, 4.69) is 6.92 Å². The molecular weight excluding hydrogens is 370 g/mol. The van der Waals surface area contributed by atoms with Gasteiger partial charge in [0.2, 0.25) is 0 Å². The van der Waals surface area contributed by atoms with Crippen LogP contribution in [0.1, 0.15) is 86.6 Å². The van der Waals surface area contributed by atoms with Crippen LogP contribution in [0, 0.1) is 29.4 Å². The van der Waals surface area contributed by atoms with Gasteiger partial charge >= 0.3 is 5.97 Å². The second-order valence-electron chi connectivity index (χ2n) is 9.18. The van der Waals surface area contributed by atoms with Gasteiger partial charge in [-0.25, -0.2) is 13.6 Å². The molecule has 0 radical (unpaired) electrons. The lowest BCUT2D eigenvalue weighted by Crippen LogP contribution is -2.30. The van der Waals surface area contributed by atoms with E-state index in [1.165, 1.54) is 44.6 Å². The van der Waals surface area contributed by atoms with Gasteiger partial charge in [-0.3, -0.25) is 0 Å². The molecule has 0 heterocycles. The first kappa shape index (κ1) is 20.3. The first-order chi connectivity index (χ1) is 14.0. The molecule has 0 saturated heterocycles. The molecule has 0 bridgehead atoms. The van der Waals surface area contributed by atoms with Crippen LogP contribution >= 0.6 is 0 Å². The van der Waals surface area contributed by atoms with Gasteiger partial charge in [0, 0.05) is 5.39 Å². The molecule has 0 spiro atoms. The maximum absolute atomic E-state index is 15.3. The molecule has 4 rings (SSSR count). The van der Waals surface area contributed by atoms with Crippen LogP contribution in [0.4, 0.5) is 8.78 Å². The van der Waals surface area contributed by atoms with Crippen molar-refractivity contribution in [1.29, 1.82) is 0 Å². The van der Waals surface area contributed by atoms with Gasteiger partial charge in [-0.15, -0.1) is 0 Å². The Kier molecular flexibility index (Phi) is 5.89. The summed E-state index contributed by atoms with van der Waals surface area (Å²) in [5, 5.41) is 9.73. The third-order valence-corrected chi connectivity index (χ3v) is 7.43. The summed E-state index contributed by atoms with van der Waals surface area (Å²) in [7, 11) is 0. The highest BCUT2D eigenvalue weighted by molar-refractivity contribution is 5.95. The van der Waals surface area contributed by atoms with Crippen LogP contribution in [0.15, 0.2) is 24.3 Å². The third-order valence-electron chi connectivity index (χ3n) is 7.43. The molecule has 2 fully saturated rings. The monoisotopic (exact) mass is 400 g/mol. The van der Waals surface area contributed by atoms with Crippen molar-refractivity contribution in [3.8, 4) is 0 Å². The molecule has 2 saturated carbocycles. The van der Waals surface area contributed by atoms with Crippen molar-refractivity contribution in [2.24, 2.45) is 17.8 Å². The number of carbonyl (C=O) groups is 1. The van der Waals surface area contributed by atoms with Gasteiger partial charge in [0.15, 0.2) is 0 Å². The highest BCUT2D eigenvalue weighted by Crippen LogP contribution is 2.49. The van der Waals surface area contributed by atoms with E-state index in [4.69, 9.17) is 5.11 Å². The van der Waals surface area contributed by atoms with Gasteiger partial charge in [-0.1, -0.05) is 44.7 Å². The Hall–Kier alpha value is -1.97. The Morgan fingerprint density at radius 3 is 2.59 bits per heavy atom. The van der Waals surface area contributed by atoms with E-state index in [-0.39, 0.29) is 17.1 Å². The third kappa shape index (κ3) is 4.04. The van der Waals surface area contributed by atoms with Crippen LogP contribution in [0.2, 0.25) is 0 Å². The van der Waals surface area contributed by atoms with Gasteiger partial charge < -0.3 is 5.11 Å². The van der Waals surface area contributed by atoms with Gasteiger partial charge in [-0.05, 0) is 78.9 Å². The molecule has 4 atom stereocenters. The minimum atomic E-state index is -1.33. The summed E-state index contributed by atoms with van der Waals surface area (Å²) in [6.45, 7) is 2.25. The summed E-state index contributed by atoms with van der Waals surface area (Å²) >= 11 is 0. The van der Waals surface area contributed by atoms with Gasteiger partial charge in [0.1, 0.15) is 11.6 Å². The van der Waals surface area contributed by atoms with Crippen LogP contribution < -0.4 is 0 Å².